The summed E-state index contributed by atoms with van der Waals surface area (Å²) < 4.78 is 5.46. The molecule has 122 valence electrons. The van der Waals surface area contributed by atoms with Crippen LogP contribution in [0.1, 0.15) is 55.9 Å². The Morgan fingerprint density at radius 2 is 1.91 bits per heavy atom. The van der Waals surface area contributed by atoms with Crippen LogP contribution in [0.25, 0.3) is 0 Å². The molecule has 0 bridgehead atoms. The molecular formula is C18H23N3O2. The van der Waals surface area contributed by atoms with Crippen molar-refractivity contribution >= 4 is 5.91 Å². The second kappa shape index (κ2) is 7.40. The van der Waals surface area contributed by atoms with Crippen LogP contribution < -0.4 is 5.32 Å². The van der Waals surface area contributed by atoms with Crippen molar-refractivity contribution in [1.29, 1.82) is 0 Å². The molecule has 1 amide bonds. The summed E-state index contributed by atoms with van der Waals surface area (Å²) in [6, 6.07) is 10.1. The molecule has 1 aromatic heterocycles. The summed E-state index contributed by atoms with van der Waals surface area (Å²) in [4.78, 5) is 12.8. The average molecular weight is 313 g/mol. The second-order valence-corrected chi connectivity index (χ2v) is 6.09. The number of carbonyl (C=O) groups excluding carboxylic acids is 1. The van der Waals surface area contributed by atoms with Gasteiger partial charge in [0.25, 0.3) is 0 Å². The monoisotopic (exact) mass is 313 g/mol. The van der Waals surface area contributed by atoms with Gasteiger partial charge in [-0.05, 0) is 24.3 Å². The fourth-order valence-corrected chi connectivity index (χ4v) is 3.36. The number of nitrogens with one attached hydrogen (secondary N) is 1. The fraction of sp³-hybridized carbons (Fsp3) is 0.500. The van der Waals surface area contributed by atoms with Crippen molar-refractivity contribution < 1.29 is 9.21 Å². The van der Waals surface area contributed by atoms with E-state index in [1.807, 2.05) is 37.3 Å². The highest BCUT2D eigenvalue weighted by molar-refractivity contribution is 5.84. The SMILES string of the molecule is CCc1nnc(CNC(=O)C(c2ccccc2)C2CCCC2)o1. The third-order valence-corrected chi connectivity index (χ3v) is 4.54. The molecule has 0 saturated heterocycles. The summed E-state index contributed by atoms with van der Waals surface area (Å²) >= 11 is 0. The molecule has 1 fully saturated rings. The molecule has 1 N–H and O–H groups in total. The molecule has 2 aromatic rings. The average Bonchev–Trinajstić information content (AvgIpc) is 3.26. The molecule has 0 aliphatic heterocycles. The van der Waals surface area contributed by atoms with Crippen molar-refractivity contribution in [3.05, 3.63) is 47.7 Å². The van der Waals surface area contributed by atoms with Crippen molar-refractivity contribution in [2.45, 2.75) is 51.5 Å². The topological polar surface area (TPSA) is 68.0 Å². The third kappa shape index (κ3) is 3.78. The lowest BCUT2D eigenvalue weighted by Gasteiger charge is -2.22. The molecule has 5 nitrogen and oxygen atoms in total. The molecule has 1 aliphatic carbocycles. The highest BCUT2D eigenvalue weighted by Crippen LogP contribution is 2.37. The first-order chi connectivity index (χ1) is 11.3. The summed E-state index contributed by atoms with van der Waals surface area (Å²) in [6.07, 6.45) is 5.37. The number of nitrogens with zero attached hydrogens (tertiary/aromatic N) is 2. The molecule has 5 heteroatoms. The maximum Gasteiger partial charge on any atom is 0.235 e. The van der Waals surface area contributed by atoms with E-state index in [4.69, 9.17) is 4.42 Å². The van der Waals surface area contributed by atoms with Crippen LogP contribution in [0, 0.1) is 5.92 Å². The van der Waals surface area contributed by atoms with Crippen molar-refractivity contribution in [3.8, 4) is 0 Å². The molecule has 3 rings (SSSR count). The number of aromatic nitrogens is 2. The number of aryl methyl sites for hydroxylation is 1. The van der Waals surface area contributed by atoms with E-state index in [0.29, 0.717) is 30.7 Å². The number of hydrogen-bond donors (Lipinski definition) is 1. The number of carbonyl (C=O) groups is 1. The first-order valence-electron chi connectivity index (χ1n) is 8.42. The zero-order chi connectivity index (χ0) is 16.1. The Labute approximate surface area is 136 Å². The minimum Gasteiger partial charge on any atom is -0.423 e. The molecule has 1 heterocycles. The van der Waals surface area contributed by atoms with Gasteiger partial charge in [0.15, 0.2) is 0 Å². The van der Waals surface area contributed by atoms with Crippen LogP contribution in [0.15, 0.2) is 34.7 Å². The van der Waals surface area contributed by atoms with Crippen LogP contribution in [0.3, 0.4) is 0 Å². The predicted molar refractivity (Wildman–Crippen MR) is 86.7 cm³/mol. The Bertz CT molecular complexity index is 633. The van der Waals surface area contributed by atoms with Crippen LogP contribution in [-0.4, -0.2) is 16.1 Å². The molecular weight excluding hydrogens is 290 g/mol. The summed E-state index contributed by atoms with van der Waals surface area (Å²) in [5.41, 5.74) is 1.09. The van der Waals surface area contributed by atoms with Gasteiger partial charge < -0.3 is 9.73 Å². The Hall–Kier alpha value is -2.17. The summed E-state index contributed by atoms with van der Waals surface area (Å²) in [5.74, 6) is 1.45. The normalized spacial score (nSPS) is 16.4. The molecule has 1 saturated carbocycles. The van der Waals surface area contributed by atoms with Crippen LogP contribution in [0.2, 0.25) is 0 Å². The first kappa shape index (κ1) is 15.7. The van der Waals surface area contributed by atoms with E-state index in [9.17, 15) is 4.79 Å². The zero-order valence-electron chi connectivity index (χ0n) is 13.5. The van der Waals surface area contributed by atoms with Gasteiger partial charge in [0, 0.05) is 6.42 Å². The fourth-order valence-electron chi connectivity index (χ4n) is 3.36. The zero-order valence-corrected chi connectivity index (χ0v) is 13.5. The van der Waals surface area contributed by atoms with E-state index in [2.05, 4.69) is 15.5 Å². The van der Waals surface area contributed by atoms with Crippen LogP contribution in [0.5, 0.6) is 0 Å². The Balaban J connectivity index is 1.69. The highest BCUT2D eigenvalue weighted by Gasteiger charge is 2.31. The maximum atomic E-state index is 12.8. The molecule has 0 radical (unpaired) electrons. The second-order valence-electron chi connectivity index (χ2n) is 6.09. The lowest BCUT2D eigenvalue weighted by atomic mass is 9.84. The highest BCUT2D eigenvalue weighted by atomic mass is 16.4. The standard InChI is InChI=1S/C18H23N3O2/c1-2-15-20-21-16(23-15)12-19-18(22)17(14-10-6-7-11-14)13-8-4-3-5-9-13/h3-5,8-9,14,17H,2,6-7,10-12H2,1H3,(H,19,22). The number of amides is 1. The minimum atomic E-state index is -0.0905. The largest absolute Gasteiger partial charge is 0.423 e. The van der Waals surface area contributed by atoms with Crippen molar-refractivity contribution in [2.75, 3.05) is 0 Å². The molecule has 1 unspecified atom stereocenters. The third-order valence-electron chi connectivity index (χ3n) is 4.54. The van der Waals surface area contributed by atoms with E-state index in [1.54, 1.807) is 0 Å². The van der Waals surface area contributed by atoms with Gasteiger partial charge in [-0.1, -0.05) is 50.1 Å². The summed E-state index contributed by atoms with van der Waals surface area (Å²) in [5, 5.41) is 10.9. The van der Waals surface area contributed by atoms with Gasteiger partial charge in [-0.25, -0.2) is 0 Å². The lowest BCUT2D eigenvalue weighted by molar-refractivity contribution is -0.124. The van der Waals surface area contributed by atoms with E-state index in [1.165, 1.54) is 12.8 Å². The van der Waals surface area contributed by atoms with Gasteiger partial charge >= 0.3 is 0 Å². The van der Waals surface area contributed by atoms with E-state index in [0.717, 1.165) is 18.4 Å². The minimum absolute atomic E-state index is 0.0550. The quantitative estimate of drug-likeness (QED) is 0.889. The van der Waals surface area contributed by atoms with Crippen molar-refractivity contribution in [2.24, 2.45) is 5.92 Å². The summed E-state index contributed by atoms with van der Waals surface area (Å²) in [6.45, 7) is 2.25. The Morgan fingerprint density at radius 3 is 2.57 bits per heavy atom. The molecule has 1 atom stereocenters. The van der Waals surface area contributed by atoms with Gasteiger partial charge in [0.1, 0.15) is 0 Å². The van der Waals surface area contributed by atoms with Gasteiger partial charge in [0.05, 0.1) is 12.5 Å². The number of hydrogen-bond acceptors (Lipinski definition) is 4. The van der Waals surface area contributed by atoms with Crippen molar-refractivity contribution in [3.63, 3.8) is 0 Å². The molecule has 0 spiro atoms. The van der Waals surface area contributed by atoms with E-state index >= 15 is 0 Å². The van der Waals surface area contributed by atoms with E-state index in [-0.39, 0.29) is 11.8 Å². The Kier molecular flexibility index (Phi) is 5.05. The lowest BCUT2D eigenvalue weighted by Crippen LogP contribution is -2.32. The Morgan fingerprint density at radius 1 is 1.22 bits per heavy atom. The molecule has 1 aliphatic rings. The van der Waals surface area contributed by atoms with Gasteiger partial charge in [0.2, 0.25) is 17.7 Å². The molecule has 1 aromatic carbocycles. The van der Waals surface area contributed by atoms with Crippen LogP contribution in [0.4, 0.5) is 0 Å². The van der Waals surface area contributed by atoms with Gasteiger partial charge in [-0.2, -0.15) is 0 Å². The van der Waals surface area contributed by atoms with E-state index < -0.39 is 0 Å². The smallest absolute Gasteiger partial charge is 0.235 e. The maximum absolute atomic E-state index is 12.8. The van der Waals surface area contributed by atoms with Gasteiger partial charge in [-0.3, -0.25) is 4.79 Å². The summed E-state index contributed by atoms with van der Waals surface area (Å²) in [7, 11) is 0. The predicted octanol–water partition coefficient (Wildman–Crippen LogP) is 3.22. The van der Waals surface area contributed by atoms with Crippen molar-refractivity contribution in [1.82, 2.24) is 15.5 Å². The number of benzene rings is 1. The number of rotatable bonds is 6. The van der Waals surface area contributed by atoms with Gasteiger partial charge in [-0.15, -0.1) is 10.2 Å². The first-order valence-corrected chi connectivity index (χ1v) is 8.42. The van der Waals surface area contributed by atoms with Crippen LogP contribution in [-0.2, 0) is 17.8 Å². The molecule has 23 heavy (non-hydrogen) atoms. The van der Waals surface area contributed by atoms with Crippen LogP contribution >= 0.6 is 0 Å².